The van der Waals surface area contributed by atoms with Gasteiger partial charge in [-0.15, -0.1) is 0 Å². The third kappa shape index (κ3) is 3.95. The van der Waals surface area contributed by atoms with Gasteiger partial charge in [0.25, 0.3) is 5.91 Å². The first-order valence-electron chi connectivity index (χ1n) is 10.4. The Labute approximate surface area is 184 Å². The molecule has 4 rings (SSSR count). The van der Waals surface area contributed by atoms with E-state index in [4.69, 9.17) is 5.26 Å². The lowest BCUT2D eigenvalue weighted by Gasteiger charge is -2.37. The molecule has 1 aliphatic heterocycles. The highest BCUT2D eigenvalue weighted by Gasteiger charge is 2.33. The van der Waals surface area contributed by atoms with E-state index in [-0.39, 0.29) is 23.2 Å². The first kappa shape index (κ1) is 21.2. The Morgan fingerprint density at radius 3 is 2.84 bits per heavy atom. The summed E-state index contributed by atoms with van der Waals surface area (Å²) in [6.07, 6.45) is 3.49. The lowest BCUT2D eigenvalue weighted by Crippen LogP contribution is -2.55. The molecule has 0 saturated carbocycles. The van der Waals surface area contributed by atoms with Crippen molar-refractivity contribution in [2.75, 3.05) is 13.1 Å². The summed E-state index contributed by atoms with van der Waals surface area (Å²) in [5.74, 6) is -0.787. The van der Waals surface area contributed by atoms with Gasteiger partial charge in [0.05, 0.1) is 29.4 Å². The second-order valence-electron chi connectivity index (χ2n) is 7.78. The predicted octanol–water partition coefficient (Wildman–Crippen LogP) is 2.32. The SMILES string of the molecule is CCC(=O)c1cccc(-c2cnc3[nH]cc(C(=O)N[C@H](C)C(=O)N4CC(C#N)C4)c3n2)c1. The van der Waals surface area contributed by atoms with Crippen LogP contribution in [0.4, 0.5) is 0 Å². The molecule has 0 spiro atoms. The number of Topliss-reactive ketones (excluding diaryl/α,β-unsaturated/α-hetero) is 1. The van der Waals surface area contributed by atoms with E-state index in [1.54, 1.807) is 43.1 Å². The molecule has 32 heavy (non-hydrogen) atoms. The van der Waals surface area contributed by atoms with E-state index in [0.717, 1.165) is 5.56 Å². The number of carbonyl (C=O) groups excluding carboxylic acids is 3. The molecule has 2 N–H and O–H groups in total. The van der Waals surface area contributed by atoms with Gasteiger partial charge in [-0.1, -0.05) is 25.1 Å². The van der Waals surface area contributed by atoms with Crippen molar-refractivity contribution in [1.29, 1.82) is 5.26 Å². The van der Waals surface area contributed by atoms with Gasteiger partial charge in [-0.05, 0) is 13.0 Å². The second-order valence-corrected chi connectivity index (χ2v) is 7.78. The Bertz CT molecular complexity index is 1250. The summed E-state index contributed by atoms with van der Waals surface area (Å²) in [7, 11) is 0. The topological polar surface area (TPSA) is 132 Å². The number of nitriles is 1. The number of nitrogens with zero attached hydrogens (tertiary/aromatic N) is 4. The Kier molecular flexibility index (Phi) is 5.69. The molecule has 1 saturated heterocycles. The number of amides is 2. The van der Waals surface area contributed by atoms with Gasteiger partial charge < -0.3 is 15.2 Å². The van der Waals surface area contributed by atoms with Crippen LogP contribution in [0.1, 0.15) is 41.0 Å². The normalized spacial score (nSPS) is 14.5. The van der Waals surface area contributed by atoms with E-state index in [2.05, 4.69) is 26.3 Å². The van der Waals surface area contributed by atoms with Crippen molar-refractivity contribution in [2.45, 2.75) is 26.3 Å². The average molecular weight is 430 g/mol. The molecule has 1 fully saturated rings. The van der Waals surface area contributed by atoms with Crippen LogP contribution >= 0.6 is 0 Å². The van der Waals surface area contributed by atoms with E-state index < -0.39 is 11.9 Å². The average Bonchev–Trinajstić information content (AvgIpc) is 3.21. The maximum absolute atomic E-state index is 12.8. The second kappa shape index (κ2) is 8.59. The molecule has 0 unspecified atom stereocenters. The standard InChI is InChI=1S/C23H22N6O3/c1-3-19(30)16-6-4-5-15(7-16)18-10-26-21-20(28-18)17(9-25-21)22(31)27-13(2)23(32)29-11-14(8-24)12-29/h4-7,9-10,13-14H,3,11-12H2,1-2H3,(H,25,26)(H,27,31)/t13-/m1/s1. The van der Waals surface area contributed by atoms with E-state index in [9.17, 15) is 14.4 Å². The molecule has 9 heteroatoms. The summed E-state index contributed by atoms with van der Waals surface area (Å²) in [6.45, 7) is 4.19. The first-order valence-corrected chi connectivity index (χ1v) is 10.4. The zero-order chi connectivity index (χ0) is 22.8. The van der Waals surface area contributed by atoms with Crippen LogP contribution in [0.2, 0.25) is 0 Å². The number of likely N-dealkylation sites (tertiary alicyclic amines) is 1. The van der Waals surface area contributed by atoms with Gasteiger partial charge in [0.1, 0.15) is 11.6 Å². The summed E-state index contributed by atoms with van der Waals surface area (Å²) < 4.78 is 0. The summed E-state index contributed by atoms with van der Waals surface area (Å²) >= 11 is 0. The molecule has 1 aromatic carbocycles. The molecule has 0 bridgehead atoms. The van der Waals surface area contributed by atoms with E-state index in [1.165, 1.54) is 6.20 Å². The maximum atomic E-state index is 12.8. The van der Waals surface area contributed by atoms with E-state index >= 15 is 0 Å². The molecular formula is C23H22N6O3. The number of H-pyrrole nitrogens is 1. The van der Waals surface area contributed by atoms with Crippen LogP contribution in [-0.2, 0) is 4.79 Å². The molecule has 3 heterocycles. The van der Waals surface area contributed by atoms with Crippen LogP contribution in [0.5, 0.6) is 0 Å². The zero-order valence-electron chi connectivity index (χ0n) is 17.8. The number of benzene rings is 1. The van der Waals surface area contributed by atoms with Crippen molar-refractivity contribution >= 4 is 28.8 Å². The Morgan fingerprint density at radius 1 is 1.34 bits per heavy atom. The lowest BCUT2D eigenvalue weighted by molar-refractivity contribution is -0.137. The quantitative estimate of drug-likeness (QED) is 0.577. The fourth-order valence-electron chi connectivity index (χ4n) is 3.61. The Balaban J connectivity index is 1.55. The monoisotopic (exact) mass is 430 g/mol. The predicted molar refractivity (Wildman–Crippen MR) is 117 cm³/mol. The van der Waals surface area contributed by atoms with Gasteiger partial charge >= 0.3 is 0 Å². The molecule has 3 aromatic rings. The molecule has 162 valence electrons. The lowest BCUT2D eigenvalue weighted by atomic mass is 10.0. The molecule has 2 aromatic heterocycles. The molecule has 1 aliphatic rings. The minimum atomic E-state index is -0.736. The summed E-state index contributed by atoms with van der Waals surface area (Å²) in [6, 6.07) is 8.52. The van der Waals surface area contributed by atoms with Crippen molar-refractivity contribution in [2.24, 2.45) is 5.92 Å². The smallest absolute Gasteiger partial charge is 0.255 e. The Hall–Kier alpha value is -4.06. The number of fused-ring (bicyclic) bond motifs is 1. The van der Waals surface area contributed by atoms with Crippen LogP contribution in [0.25, 0.3) is 22.4 Å². The number of aromatic nitrogens is 3. The molecule has 0 radical (unpaired) electrons. The highest BCUT2D eigenvalue weighted by Crippen LogP contribution is 2.23. The number of hydrogen-bond donors (Lipinski definition) is 2. The minimum absolute atomic E-state index is 0.0320. The van der Waals surface area contributed by atoms with Gasteiger partial charge in [-0.3, -0.25) is 14.4 Å². The summed E-state index contributed by atoms with van der Waals surface area (Å²) in [5.41, 5.74) is 2.94. The van der Waals surface area contributed by atoms with Gasteiger partial charge in [-0.2, -0.15) is 5.26 Å². The number of ketones is 1. The van der Waals surface area contributed by atoms with Crippen molar-refractivity contribution in [3.63, 3.8) is 0 Å². The number of carbonyl (C=O) groups is 3. The largest absolute Gasteiger partial charge is 0.344 e. The van der Waals surface area contributed by atoms with Crippen LogP contribution in [0.3, 0.4) is 0 Å². The Morgan fingerprint density at radius 2 is 2.12 bits per heavy atom. The maximum Gasteiger partial charge on any atom is 0.255 e. The zero-order valence-corrected chi connectivity index (χ0v) is 17.8. The minimum Gasteiger partial charge on any atom is -0.344 e. The molecule has 2 amide bonds. The van der Waals surface area contributed by atoms with Gasteiger partial charge in [0.15, 0.2) is 11.4 Å². The van der Waals surface area contributed by atoms with Crippen LogP contribution in [-0.4, -0.2) is 56.6 Å². The third-order valence-electron chi connectivity index (χ3n) is 5.52. The molecule has 9 nitrogen and oxygen atoms in total. The highest BCUT2D eigenvalue weighted by atomic mass is 16.2. The van der Waals surface area contributed by atoms with Crippen molar-refractivity contribution in [3.8, 4) is 17.3 Å². The fraction of sp³-hybridized carbons (Fsp3) is 0.304. The number of aromatic amines is 1. The summed E-state index contributed by atoms with van der Waals surface area (Å²) in [5, 5.41) is 11.6. The molecule has 1 atom stereocenters. The highest BCUT2D eigenvalue weighted by molar-refractivity contribution is 6.06. The van der Waals surface area contributed by atoms with Crippen molar-refractivity contribution in [1.82, 2.24) is 25.2 Å². The van der Waals surface area contributed by atoms with Gasteiger partial charge in [-0.25, -0.2) is 9.97 Å². The number of hydrogen-bond acceptors (Lipinski definition) is 6. The molecular weight excluding hydrogens is 408 g/mol. The summed E-state index contributed by atoms with van der Waals surface area (Å²) in [4.78, 5) is 50.7. The van der Waals surface area contributed by atoms with E-state index in [0.29, 0.717) is 41.9 Å². The third-order valence-corrected chi connectivity index (χ3v) is 5.52. The first-order chi connectivity index (χ1) is 15.4. The van der Waals surface area contributed by atoms with Crippen molar-refractivity contribution < 1.29 is 14.4 Å². The fourth-order valence-corrected chi connectivity index (χ4v) is 3.61. The molecule has 0 aliphatic carbocycles. The van der Waals surface area contributed by atoms with Gasteiger partial charge in [0.2, 0.25) is 5.91 Å². The van der Waals surface area contributed by atoms with Crippen LogP contribution in [0, 0.1) is 17.2 Å². The van der Waals surface area contributed by atoms with Crippen molar-refractivity contribution in [3.05, 3.63) is 47.8 Å². The number of nitrogens with one attached hydrogen (secondary N) is 2. The number of rotatable bonds is 6. The van der Waals surface area contributed by atoms with Gasteiger partial charge in [0, 0.05) is 36.8 Å². The van der Waals surface area contributed by atoms with Crippen LogP contribution < -0.4 is 5.32 Å². The van der Waals surface area contributed by atoms with E-state index in [1.807, 2.05) is 6.07 Å². The van der Waals surface area contributed by atoms with Crippen LogP contribution in [0.15, 0.2) is 36.7 Å².